The van der Waals surface area contributed by atoms with Gasteiger partial charge in [0.25, 0.3) is 0 Å². The Morgan fingerprint density at radius 3 is 2.54 bits per heavy atom. The molecular formula is C21H27N3O2. The molecule has 0 fully saturated rings. The number of hydrogen-bond acceptors (Lipinski definition) is 5. The lowest BCUT2D eigenvalue weighted by Gasteiger charge is -2.37. The van der Waals surface area contributed by atoms with Crippen LogP contribution >= 0.6 is 0 Å². The quantitative estimate of drug-likeness (QED) is 0.768. The van der Waals surface area contributed by atoms with Crippen molar-refractivity contribution in [2.24, 2.45) is 15.8 Å². The molecule has 26 heavy (non-hydrogen) atoms. The molecule has 0 amide bonds. The number of aliphatic hydroxyl groups is 1. The zero-order valence-electron chi connectivity index (χ0n) is 16.6. The molecule has 1 aromatic rings. The Bertz CT molecular complexity index is 885. The smallest absolute Gasteiger partial charge is 0.204 e. The molecule has 0 aliphatic carbocycles. The molecule has 138 valence electrons. The molecule has 1 N–H and O–H groups in total. The fourth-order valence-corrected chi connectivity index (χ4v) is 3.83. The summed E-state index contributed by atoms with van der Waals surface area (Å²) in [5.74, 6) is 1.40. The van der Waals surface area contributed by atoms with Crippen LogP contribution in [0, 0.1) is 10.8 Å². The van der Waals surface area contributed by atoms with Gasteiger partial charge < -0.3 is 9.84 Å². The maximum absolute atomic E-state index is 10.8. The fraction of sp³-hybridized carbons (Fsp3) is 0.524. The molecule has 1 aromatic heterocycles. The highest BCUT2D eigenvalue weighted by atomic mass is 16.5. The molecular weight excluding hydrogens is 326 g/mol. The Morgan fingerprint density at radius 2 is 1.88 bits per heavy atom. The Labute approximate surface area is 155 Å². The Balaban J connectivity index is 1.96. The normalized spacial score (nSPS) is 25.7. The fourth-order valence-electron chi connectivity index (χ4n) is 3.83. The lowest BCUT2D eigenvalue weighted by atomic mass is 9.72. The topological polar surface area (TPSA) is 58.0 Å². The van der Waals surface area contributed by atoms with Crippen LogP contribution in [0.5, 0.6) is 0 Å². The number of aromatic nitrogens is 1. The van der Waals surface area contributed by atoms with Crippen LogP contribution in [0.25, 0.3) is 5.57 Å². The van der Waals surface area contributed by atoms with Gasteiger partial charge in [0.2, 0.25) is 5.88 Å². The van der Waals surface area contributed by atoms with Crippen LogP contribution in [0.2, 0.25) is 0 Å². The van der Waals surface area contributed by atoms with E-state index in [1.165, 1.54) is 0 Å². The van der Waals surface area contributed by atoms with Crippen LogP contribution in [-0.2, 0) is 4.74 Å². The summed E-state index contributed by atoms with van der Waals surface area (Å²) in [6.45, 7) is 14.9. The van der Waals surface area contributed by atoms with Gasteiger partial charge in [0, 0.05) is 28.9 Å². The summed E-state index contributed by atoms with van der Waals surface area (Å²) < 4.78 is 6.38. The molecule has 0 spiro atoms. The van der Waals surface area contributed by atoms with E-state index in [2.05, 4.69) is 64.6 Å². The summed E-state index contributed by atoms with van der Waals surface area (Å²) in [7, 11) is 0. The van der Waals surface area contributed by atoms with E-state index in [9.17, 15) is 5.11 Å². The second kappa shape index (κ2) is 4.97. The van der Waals surface area contributed by atoms with Gasteiger partial charge in [0.1, 0.15) is 11.4 Å². The lowest BCUT2D eigenvalue weighted by Crippen LogP contribution is -2.40. The average molecular weight is 353 g/mol. The standard InChI is InChI=1S/C21H27N3O2/c1-19(2,3)13-11-24-16(12-9-8-10-22-15(12)13)23-17(25)14-18(24)26-21(6,7)20(14,4)5/h8-11,17,25H,1-7H3. The third-order valence-electron chi connectivity index (χ3n) is 6.08. The first-order valence-electron chi connectivity index (χ1n) is 9.12. The van der Waals surface area contributed by atoms with Crippen molar-refractivity contribution >= 4 is 11.4 Å². The zero-order chi connectivity index (χ0) is 19.1. The summed E-state index contributed by atoms with van der Waals surface area (Å²) in [5, 5.41) is 10.8. The molecule has 0 aromatic carbocycles. The summed E-state index contributed by atoms with van der Waals surface area (Å²) >= 11 is 0. The second-order valence-electron chi connectivity index (χ2n) is 9.34. The molecule has 1 unspecified atom stereocenters. The molecule has 0 radical (unpaired) electrons. The van der Waals surface area contributed by atoms with Gasteiger partial charge in [-0.2, -0.15) is 0 Å². The monoisotopic (exact) mass is 353 g/mol. The van der Waals surface area contributed by atoms with E-state index in [0.717, 1.165) is 22.4 Å². The second-order valence-corrected chi connectivity index (χ2v) is 9.34. The van der Waals surface area contributed by atoms with E-state index in [-0.39, 0.29) is 10.8 Å². The van der Waals surface area contributed by atoms with Crippen LogP contribution in [0.1, 0.15) is 59.7 Å². The number of aliphatic hydroxyl groups excluding tert-OH is 1. The van der Waals surface area contributed by atoms with Crippen LogP contribution in [0.4, 0.5) is 0 Å². The van der Waals surface area contributed by atoms with Gasteiger partial charge in [-0.05, 0) is 31.4 Å². The number of rotatable bonds is 0. The first kappa shape index (κ1) is 17.3. The average Bonchev–Trinajstić information content (AvgIpc) is 2.71. The minimum absolute atomic E-state index is 0.0882. The summed E-state index contributed by atoms with van der Waals surface area (Å²) in [5.41, 5.74) is 2.95. The Kier molecular flexibility index (Phi) is 3.31. The number of amidine groups is 1. The van der Waals surface area contributed by atoms with E-state index in [1.54, 1.807) is 6.20 Å². The highest BCUT2D eigenvalue weighted by Gasteiger charge is 2.55. The first-order chi connectivity index (χ1) is 11.9. The van der Waals surface area contributed by atoms with E-state index >= 15 is 0 Å². The molecule has 0 saturated heterocycles. The van der Waals surface area contributed by atoms with Gasteiger partial charge in [-0.3, -0.25) is 9.88 Å². The summed E-state index contributed by atoms with van der Waals surface area (Å²) in [4.78, 5) is 11.3. The van der Waals surface area contributed by atoms with Gasteiger partial charge in [0.15, 0.2) is 6.23 Å². The number of fused-ring (bicyclic) bond motifs is 4. The van der Waals surface area contributed by atoms with Crippen LogP contribution in [0.3, 0.4) is 0 Å². The number of hydrogen-bond donors (Lipinski definition) is 1. The zero-order valence-corrected chi connectivity index (χ0v) is 16.6. The van der Waals surface area contributed by atoms with Crippen molar-refractivity contribution in [1.82, 2.24) is 9.88 Å². The van der Waals surface area contributed by atoms with Crippen LogP contribution in [-0.4, -0.2) is 32.7 Å². The number of nitrogens with zero attached hydrogens (tertiary/aromatic N) is 3. The maximum Gasteiger partial charge on any atom is 0.204 e. The predicted molar refractivity (Wildman–Crippen MR) is 102 cm³/mol. The van der Waals surface area contributed by atoms with Crippen LogP contribution in [0.15, 0.2) is 41.0 Å². The minimum Gasteiger partial charge on any atom is -0.472 e. The predicted octanol–water partition coefficient (Wildman–Crippen LogP) is 3.91. The van der Waals surface area contributed by atoms with Crippen molar-refractivity contribution in [1.29, 1.82) is 0 Å². The molecule has 3 aliphatic heterocycles. The molecule has 5 heteroatoms. The van der Waals surface area contributed by atoms with Crippen molar-refractivity contribution in [2.45, 2.75) is 60.3 Å². The molecule has 1 atom stereocenters. The number of ether oxygens (including phenoxy) is 1. The SMILES string of the molecule is CC(C)(C)C1=CN2C(=NC(O)C3=C2OC(C)(C)C3(C)C)c2cccnc21. The number of aliphatic imine (C=N–C) groups is 1. The highest BCUT2D eigenvalue weighted by Crippen LogP contribution is 2.54. The molecule has 4 heterocycles. The molecule has 3 aliphatic rings. The van der Waals surface area contributed by atoms with E-state index in [0.29, 0.717) is 11.7 Å². The molecule has 0 bridgehead atoms. The van der Waals surface area contributed by atoms with Crippen molar-refractivity contribution in [3.8, 4) is 0 Å². The van der Waals surface area contributed by atoms with Gasteiger partial charge in [0.05, 0.1) is 11.3 Å². The number of allylic oxidation sites excluding steroid dienone is 1. The van der Waals surface area contributed by atoms with E-state index in [4.69, 9.17) is 4.74 Å². The molecule has 0 saturated carbocycles. The van der Waals surface area contributed by atoms with Crippen molar-refractivity contribution < 1.29 is 9.84 Å². The summed E-state index contributed by atoms with van der Waals surface area (Å²) in [6, 6.07) is 3.92. The minimum atomic E-state index is -0.911. The van der Waals surface area contributed by atoms with E-state index in [1.807, 2.05) is 17.0 Å². The van der Waals surface area contributed by atoms with Crippen molar-refractivity contribution in [2.75, 3.05) is 0 Å². The highest BCUT2D eigenvalue weighted by molar-refractivity contribution is 6.07. The van der Waals surface area contributed by atoms with Crippen molar-refractivity contribution in [3.05, 3.63) is 47.2 Å². The van der Waals surface area contributed by atoms with Gasteiger partial charge in [-0.25, -0.2) is 4.99 Å². The maximum atomic E-state index is 10.8. The van der Waals surface area contributed by atoms with Gasteiger partial charge in [-0.15, -0.1) is 0 Å². The first-order valence-corrected chi connectivity index (χ1v) is 9.12. The summed E-state index contributed by atoms with van der Waals surface area (Å²) in [6.07, 6.45) is 2.97. The molecule has 4 rings (SSSR count). The third-order valence-corrected chi connectivity index (χ3v) is 6.08. The van der Waals surface area contributed by atoms with E-state index < -0.39 is 11.8 Å². The molecule has 5 nitrogen and oxygen atoms in total. The largest absolute Gasteiger partial charge is 0.472 e. The Hall–Kier alpha value is -2.14. The Morgan fingerprint density at radius 1 is 1.19 bits per heavy atom. The van der Waals surface area contributed by atoms with Gasteiger partial charge in [-0.1, -0.05) is 34.6 Å². The van der Waals surface area contributed by atoms with Gasteiger partial charge >= 0.3 is 0 Å². The van der Waals surface area contributed by atoms with Crippen molar-refractivity contribution in [3.63, 3.8) is 0 Å². The van der Waals surface area contributed by atoms with Crippen LogP contribution < -0.4 is 0 Å². The lowest BCUT2D eigenvalue weighted by molar-refractivity contribution is -0.0235. The number of pyridine rings is 1. The third kappa shape index (κ3) is 2.13.